The van der Waals surface area contributed by atoms with Gasteiger partial charge in [0.05, 0.1) is 25.6 Å². The first kappa shape index (κ1) is 22.0. The zero-order valence-electron chi connectivity index (χ0n) is 16.1. The number of hydrogen-bond donors (Lipinski definition) is 1. The summed E-state index contributed by atoms with van der Waals surface area (Å²) in [7, 11) is 0.966. The number of aromatic nitrogens is 3. The molecule has 0 amide bonds. The van der Waals surface area contributed by atoms with Crippen LogP contribution in [0.2, 0.25) is 0 Å². The Morgan fingerprint density at radius 3 is 2.65 bits per heavy atom. The summed E-state index contributed by atoms with van der Waals surface area (Å²) >= 11 is 3.32. The van der Waals surface area contributed by atoms with E-state index < -0.39 is 32.6 Å². The Labute approximate surface area is 191 Å². The second-order valence-electron chi connectivity index (χ2n) is 7.29. The van der Waals surface area contributed by atoms with Crippen molar-refractivity contribution in [3.8, 4) is 5.69 Å². The smallest absolute Gasteiger partial charge is 0.387 e. The summed E-state index contributed by atoms with van der Waals surface area (Å²) in [6.07, 6.45) is -0.236. The normalized spacial score (nSPS) is 21.5. The number of benzene rings is 1. The van der Waals surface area contributed by atoms with Gasteiger partial charge >= 0.3 is 11.9 Å². The molecule has 1 aliphatic rings. The quantitative estimate of drug-likeness (QED) is 0.383. The summed E-state index contributed by atoms with van der Waals surface area (Å²) in [6.45, 7) is 1.87. The third-order valence-corrected chi connectivity index (χ3v) is 6.90. The van der Waals surface area contributed by atoms with Crippen molar-refractivity contribution in [2.75, 3.05) is 0 Å². The minimum Gasteiger partial charge on any atom is -0.387 e. The average Bonchev–Trinajstić information content (AvgIpc) is 3.09. The standard InChI is InChI=1S/C20H15F3IN3O3S/c1-19(24)7-3-4-11(17(19)29)16-12-8-10(5-6-13(12)31-25-16)27-15(28)9-14(20(21,22)23)26(2)18(27)30/h3-9,17,29H,1-2H3. The molecule has 0 radical (unpaired) electrons. The second kappa shape index (κ2) is 7.41. The number of aliphatic hydroxyl groups is 1. The highest BCUT2D eigenvalue weighted by molar-refractivity contribution is 14.1. The van der Waals surface area contributed by atoms with Crippen molar-refractivity contribution in [3.63, 3.8) is 0 Å². The molecule has 2 unspecified atom stereocenters. The van der Waals surface area contributed by atoms with Gasteiger partial charge in [-0.3, -0.25) is 9.36 Å². The molecule has 1 aliphatic carbocycles. The third-order valence-electron chi connectivity index (χ3n) is 5.12. The molecule has 4 rings (SSSR count). The number of nitrogens with zero attached hydrogens (tertiary/aromatic N) is 3. The van der Waals surface area contributed by atoms with E-state index in [0.717, 1.165) is 11.7 Å². The van der Waals surface area contributed by atoms with E-state index in [-0.39, 0.29) is 5.69 Å². The van der Waals surface area contributed by atoms with Gasteiger partial charge in [0.2, 0.25) is 0 Å². The predicted octanol–water partition coefficient (Wildman–Crippen LogP) is 3.67. The molecule has 1 aromatic carbocycles. The van der Waals surface area contributed by atoms with Gasteiger partial charge in [0.1, 0.15) is 5.69 Å². The van der Waals surface area contributed by atoms with Gasteiger partial charge in [-0.2, -0.15) is 17.5 Å². The van der Waals surface area contributed by atoms with Crippen LogP contribution in [-0.2, 0) is 13.2 Å². The molecule has 3 aromatic rings. The summed E-state index contributed by atoms with van der Waals surface area (Å²) in [6, 6.07) is 5.05. The highest BCUT2D eigenvalue weighted by Crippen LogP contribution is 2.39. The van der Waals surface area contributed by atoms with Gasteiger partial charge in [-0.15, -0.1) is 0 Å². The summed E-state index contributed by atoms with van der Waals surface area (Å²) in [5, 5.41) is 11.4. The number of rotatable bonds is 2. The molecule has 11 heteroatoms. The molecule has 0 saturated heterocycles. The lowest BCUT2D eigenvalue weighted by molar-refractivity contribution is -0.144. The predicted molar refractivity (Wildman–Crippen MR) is 121 cm³/mol. The zero-order valence-corrected chi connectivity index (χ0v) is 19.1. The maximum Gasteiger partial charge on any atom is 0.431 e. The first-order chi connectivity index (χ1) is 14.4. The second-order valence-corrected chi connectivity index (χ2v) is 10.4. The van der Waals surface area contributed by atoms with Gasteiger partial charge in [0.15, 0.2) is 0 Å². The van der Waals surface area contributed by atoms with Gasteiger partial charge in [-0.05, 0) is 36.7 Å². The molecule has 6 nitrogen and oxygen atoms in total. The highest BCUT2D eigenvalue weighted by Gasteiger charge is 2.36. The largest absolute Gasteiger partial charge is 0.431 e. The van der Waals surface area contributed by atoms with Crippen molar-refractivity contribution >= 4 is 49.8 Å². The summed E-state index contributed by atoms with van der Waals surface area (Å²) in [5.74, 6) is 0. The Morgan fingerprint density at radius 1 is 1.26 bits per heavy atom. The van der Waals surface area contributed by atoms with Crippen molar-refractivity contribution in [3.05, 3.63) is 74.7 Å². The molecule has 0 spiro atoms. The fraction of sp³-hybridized carbons (Fsp3) is 0.250. The molecule has 2 atom stereocenters. The molecule has 31 heavy (non-hydrogen) atoms. The van der Waals surface area contributed by atoms with Gasteiger partial charge in [0.25, 0.3) is 5.56 Å². The van der Waals surface area contributed by atoms with Crippen molar-refractivity contribution < 1.29 is 18.3 Å². The Kier molecular flexibility index (Phi) is 5.25. The topological polar surface area (TPSA) is 77.1 Å². The van der Waals surface area contributed by atoms with Crippen LogP contribution in [-0.4, -0.2) is 28.1 Å². The van der Waals surface area contributed by atoms with E-state index in [0.29, 0.717) is 31.9 Å². The van der Waals surface area contributed by atoms with Gasteiger partial charge in [0, 0.05) is 24.1 Å². The highest BCUT2D eigenvalue weighted by atomic mass is 127. The first-order valence-corrected chi connectivity index (χ1v) is 10.8. The van der Waals surface area contributed by atoms with E-state index in [1.54, 1.807) is 12.1 Å². The van der Waals surface area contributed by atoms with Crippen LogP contribution >= 0.6 is 34.1 Å². The van der Waals surface area contributed by atoms with Crippen LogP contribution in [0.4, 0.5) is 13.2 Å². The lowest BCUT2D eigenvalue weighted by atomic mass is 9.89. The minimum absolute atomic E-state index is 0.118. The molecule has 0 aliphatic heterocycles. The van der Waals surface area contributed by atoms with Crippen molar-refractivity contribution in [2.45, 2.75) is 22.6 Å². The number of hydrogen-bond acceptors (Lipinski definition) is 5. The number of aliphatic hydroxyl groups excluding tert-OH is 1. The van der Waals surface area contributed by atoms with Gasteiger partial charge in [-0.1, -0.05) is 40.8 Å². The van der Waals surface area contributed by atoms with Crippen LogP contribution in [0, 0.1) is 0 Å². The van der Waals surface area contributed by atoms with E-state index >= 15 is 0 Å². The summed E-state index contributed by atoms with van der Waals surface area (Å²) < 4.78 is 45.1. The monoisotopic (exact) mass is 561 g/mol. The number of fused-ring (bicyclic) bond motifs is 1. The molecule has 0 bridgehead atoms. The van der Waals surface area contributed by atoms with Gasteiger partial charge < -0.3 is 5.11 Å². The van der Waals surface area contributed by atoms with Crippen molar-refractivity contribution in [1.29, 1.82) is 0 Å². The van der Waals surface area contributed by atoms with Crippen LogP contribution in [0.25, 0.3) is 21.3 Å². The molecule has 2 aromatic heterocycles. The average molecular weight is 561 g/mol. The molecular formula is C20H15F3IN3O3S. The Bertz CT molecular complexity index is 1380. The van der Waals surface area contributed by atoms with E-state index in [9.17, 15) is 27.9 Å². The minimum atomic E-state index is -4.83. The van der Waals surface area contributed by atoms with Crippen LogP contribution < -0.4 is 11.2 Å². The van der Waals surface area contributed by atoms with Crippen LogP contribution in [0.1, 0.15) is 18.3 Å². The Balaban J connectivity index is 1.91. The lowest BCUT2D eigenvalue weighted by Gasteiger charge is -2.29. The molecule has 0 saturated carbocycles. The van der Waals surface area contributed by atoms with Crippen molar-refractivity contribution in [1.82, 2.24) is 13.5 Å². The molecule has 0 fully saturated rings. The molecular weight excluding hydrogens is 546 g/mol. The van der Waals surface area contributed by atoms with Crippen LogP contribution in [0.15, 0.2) is 52.1 Å². The van der Waals surface area contributed by atoms with Gasteiger partial charge in [-0.25, -0.2) is 9.36 Å². The maximum absolute atomic E-state index is 13.1. The fourth-order valence-electron chi connectivity index (χ4n) is 3.44. The number of alkyl halides is 4. The molecule has 1 N–H and O–H groups in total. The number of allylic oxidation sites excluding steroid dienone is 2. The third kappa shape index (κ3) is 3.68. The van der Waals surface area contributed by atoms with E-state index in [2.05, 4.69) is 27.0 Å². The van der Waals surface area contributed by atoms with Crippen molar-refractivity contribution in [2.24, 2.45) is 7.05 Å². The Morgan fingerprint density at radius 2 is 1.97 bits per heavy atom. The maximum atomic E-state index is 13.1. The van der Waals surface area contributed by atoms with E-state index in [1.165, 1.54) is 23.7 Å². The van der Waals surface area contributed by atoms with E-state index in [1.807, 2.05) is 19.1 Å². The zero-order chi connectivity index (χ0) is 22.7. The summed E-state index contributed by atoms with van der Waals surface area (Å²) in [4.78, 5) is 25.0. The molecule has 162 valence electrons. The lowest BCUT2D eigenvalue weighted by Crippen LogP contribution is -2.40. The number of halogens is 4. The Hall–Kier alpha value is -2.25. The van der Waals surface area contributed by atoms with E-state index in [4.69, 9.17) is 0 Å². The van der Waals surface area contributed by atoms with Crippen LogP contribution in [0.5, 0.6) is 0 Å². The molecule has 2 heterocycles. The SMILES string of the molecule is Cn1c(C(F)(F)F)cc(=O)n(-c2ccc3snc(C4=CC=CC(C)(I)C4O)c3c2)c1=O. The summed E-state index contributed by atoms with van der Waals surface area (Å²) in [5.41, 5.74) is -2.31. The van der Waals surface area contributed by atoms with Crippen LogP contribution in [0.3, 0.4) is 0 Å². The first-order valence-electron chi connectivity index (χ1n) is 8.98. The fourth-order valence-corrected chi connectivity index (χ4v) is 4.76.